The summed E-state index contributed by atoms with van der Waals surface area (Å²) in [6.45, 7) is 1.86. The Hall–Kier alpha value is -1.60. The Bertz CT molecular complexity index is 633. The van der Waals surface area contributed by atoms with Gasteiger partial charge in [-0.05, 0) is 25.1 Å². The van der Waals surface area contributed by atoms with Crippen LogP contribution in [0.5, 0.6) is 5.88 Å². The molecule has 1 N–H and O–H groups in total. The van der Waals surface area contributed by atoms with E-state index >= 15 is 0 Å². The maximum atomic E-state index is 12.0. The first kappa shape index (κ1) is 12.8. The molecule has 18 heavy (non-hydrogen) atoms. The second-order valence-electron chi connectivity index (χ2n) is 3.56. The molecule has 0 aromatic carbocycles. The van der Waals surface area contributed by atoms with Crippen LogP contribution in [0.25, 0.3) is 0 Å². The number of pyridine rings is 1. The SMILES string of the molecule is COc1ccc(NS(=O)(=O)c2ccc(C)s2)cn1. The van der Waals surface area contributed by atoms with Crippen LogP contribution in [-0.2, 0) is 10.0 Å². The van der Waals surface area contributed by atoms with E-state index in [0.717, 1.165) is 4.88 Å². The number of nitrogens with one attached hydrogen (secondary N) is 1. The monoisotopic (exact) mass is 284 g/mol. The number of aromatic nitrogens is 1. The highest BCUT2D eigenvalue weighted by molar-refractivity contribution is 7.94. The number of anilines is 1. The first-order chi connectivity index (χ1) is 8.51. The van der Waals surface area contributed by atoms with Crippen LogP contribution >= 0.6 is 11.3 Å². The van der Waals surface area contributed by atoms with Crippen molar-refractivity contribution < 1.29 is 13.2 Å². The molecule has 0 amide bonds. The van der Waals surface area contributed by atoms with Gasteiger partial charge in [-0.3, -0.25) is 4.72 Å². The lowest BCUT2D eigenvalue weighted by molar-refractivity contribution is 0.398. The quantitative estimate of drug-likeness (QED) is 0.935. The zero-order chi connectivity index (χ0) is 13.2. The number of sulfonamides is 1. The third kappa shape index (κ3) is 2.80. The number of methoxy groups -OCH3 is 1. The highest BCUT2D eigenvalue weighted by atomic mass is 32.2. The first-order valence-corrected chi connectivity index (χ1v) is 7.40. The summed E-state index contributed by atoms with van der Waals surface area (Å²) in [5.41, 5.74) is 0.404. The summed E-state index contributed by atoms with van der Waals surface area (Å²) >= 11 is 1.23. The highest BCUT2D eigenvalue weighted by Crippen LogP contribution is 2.23. The van der Waals surface area contributed by atoms with Gasteiger partial charge in [0.15, 0.2) is 0 Å². The molecular formula is C11H12N2O3S2. The molecule has 7 heteroatoms. The van der Waals surface area contributed by atoms with Crippen molar-refractivity contribution in [1.82, 2.24) is 4.98 Å². The summed E-state index contributed by atoms with van der Waals surface area (Å²) in [5.74, 6) is 0.435. The van der Waals surface area contributed by atoms with E-state index < -0.39 is 10.0 Å². The number of hydrogen-bond acceptors (Lipinski definition) is 5. The third-order valence-electron chi connectivity index (χ3n) is 2.18. The minimum absolute atomic E-state index is 0.288. The maximum absolute atomic E-state index is 12.0. The van der Waals surface area contributed by atoms with Crippen molar-refractivity contribution in [3.05, 3.63) is 35.3 Å². The molecule has 0 spiro atoms. The number of ether oxygens (including phenoxy) is 1. The Balaban J connectivity index is 2.22. The average Bonchev–Trinajstić information content (AvgIpc) is 2.77. The standard InChI is InChI=1S/C11H12N2O3S2/c1-8-3-6-11(17-8)18(14,15)13-9-4-5-10(16-2)12-7-9/h3-7,13H,1-2H3. The molecule has 0 fully saturated rings. The molecule has 2 heterocycles. The van der Waals surface area contributed by atoms with Crippen LogP contribution in [0.15, 0.2) is 34.7 Å². The topological polar surface area (TPSA) is 68.3 Å². The molecule has 0 radical (unpaired) electrons. The lowest BCUT2D eigenvalue weighted by Crippen LogP contribution is -2.11. The van der Waals surface area contributed by atoms with E-state index in [0.29, 0.717) is 11.6 Å². The van der Waals surface area contributed by atoms with Gasteiger partial charge in [0.1, 0.15) is 4.21 Å². The molecule has 0 saturated carbocycles. The summed E-state index contributed by atoms with van der Waals surface area (Å²) in [5, 5.41) is 0. The summed E-state index contributed by atoms with van der Waals surface area (Å²) < 4.78 is 31.7. The molecule has 5 nitrogen and oxygen atoms in total. The molecule has 0 aliphatic rings. The van der Waals surface area contributed by atoms with Crippen molar-refractivity contribution in [2.75, 3.05) is 11.8 Å². The van der Waals surface area contributed by atoms with Crippen LogP contribution in [0.1, 0.15) is 4.88 Å². The zero-order valence-electron chi connectivity index (χ0n) is 9.88. The van der Waals surface area contributed by atoms with Crippen LogP contribution in [0.2, 0.25) is 0 Å². The summed E-state index contributed by atoms with van der Waals surface area (Å²) in [4.78, 5) is 4.88. The summed E-state index contributed by atoms with van der Waals surface area (Å²) in [7, 11) is -2.02. The maximum Gasteiger partial charge on any atom is 0.271 e. The first-order valence-electron chi connectivity index (χ1n) is 5.10. The second-order valence-corrected chi connectivity index (χ2v) is 6.76. The van der Waals surface area contributed by atoms with Gasteiger partial charge in [-0.15, -0.1) is 11.3 Å². The number of aryl methyl sites for hydroxylation is 1. The van der Waals surface area contributed by atoms with Crippen LogP contribution in [0.4, 0.5) is 5.69 Å². The van der Waals surface area contributed by atoms with Crippen LogP contribution in [-0.4, -0.2) is 20.5 Å². The van der Waals surface area contributed by atoms with Crippen molar-refractivity contribution in [3.63, 3.8) is 0 Å². The lowest BCUT2D eigenvalue weighted by Gasteiger charge is -2.06. The van der Waals surface area contributed by atoms with E-state index in [1.807, 2.05) is 6.92 Å². The van der Waals surface area contributed by atoms with Gasteiger partial charge in [0.05, 0.1) is 19.0 Å². The van der Waals surface area contributed by atoms with E-state index in [4.69, 9.17) is 4.74 Å². The van der Waals surface area contributed by atoms with E-state index in [-0.39, 0.29) is 4.21 Å². The fourth-order valence-electron chi connectivity index (χ4n) is 1.32. The Morgan fingerprint density at radius 3 is 2.56 bits per heavy atom. The van der Waals surface area contributed by atoms with E-state index in [1.165, 1.54) is 24.6 Å². The number of thiophene rings is 1. The fraction of sp³-hybridized carbons (Fsp3) is 0.182. The van der Waals surface area contributed by atoms with Gasteiger partial charge in [-0.2, -0.15) is 0 Å². The van der Waals surface area contributed by atoms with E-state index in [9.17, 15) is 8.42 Å². The van der Waals surface area contributed by atoms with Crippen LogP contribution < -0.4 is 9.46 Å². The van der Waals surface area contributed by atoms with Gasteiger partial charge in [0.2, 0.25) is 5.88 Å². The Morgan fingerprint density at radius 1 is 1.28 bits per heavy atom. The fourth-order valence-corrected chi connectivity index (χ4v) is 3.65. The Morgan fingerprint density at radius 2 is 2.06 bits per heavy atom. The van der Waals surface area contributed by atoms with Gasteiger partial charge >= 0.3 is 0 Å². The number of hydrogen-bond donors (Lipinski definition) is 1. The van der Waals surface area contributed by atoms with Gasteiger partial charge < -0.3 is 4.74 Å². The van der Waals surface area contributed by atoms with Crippen LogP contribution in [0, 0.1) is 6.92 Å². The average molecular weight is 284 g/mol. The zero-order valence-corrected chi connectivity index (χ0v) is 11.5. The molecule has 0 unspecified atom stereocenters. The normalized spacial score (nSPS) is 11.2. The van der Waals surface area contributed by atoms with Crippen molar-refractivity contribution in [2.45, 2.75) is 11.1 Å². The van der Waals surface area contributed by atoms with E-state index in [1.54, 1.807) is 24.3 Å². The highest BCUT2D eigenvalue weighted by Gasteiger charge is 2.16. The van der Waals surface area contributed by atoms with Crippen molar-refractivity contribution >= 4 is 27.0 Å². The predicted octanol–water partition coefficient (Wildman–Crippen LogP) is 2.26. The van der Waals surface area contributed by atoms with Crippen molar-refractivity contribution in [2.24, 2.45) is 0 Å². The minimum Gasteiger partial charge on any atom is -0.481 e. The largest absolute Gasteiger partial charge is 0.481 e. The summed E-state index contributed by atoms with van der Waals surface area (Å²) in [6.07, 6.45) is 1.41. The van der Waals surface area contributed by atoms with Gasteiger partial charge in [0, 0.05) is 10.9 Å². The molecule has 2 aromatic rings. The second kappa shape index (κ2) is 4.95. The van der Waals surface area contributed by atoms with Gasteiger partial charge in [-0.25, -0.2) is 13.4 Å². The van der Waals surface area contributed by atoms with Gasteiger partial charge in [-0.1, -0.05) is 0 Å². The van der Waals surface area contributed by atoms with Crippen molar-refractivity contribution in [1.29, 1.82) is 0 Å². The van der Waals surface area contributed by atoms with Crippen molar-refractivity contribution in [3.8, 4) is 5.88 Å². The molecule has 96 valence electrons. The van der Waals surface area contributed by atoms with E-state index in [2.05, 4.69) is 9.71 Å². The molecule has 0 bridgehead atoms. The van der Waals surface area contributed by atoms with Gasteiger partial charge in [0.25, 0.3) is 10.0 Å². The predicted molar refractivity (Wildman–Crippen MR) is 70.7 cm³/mol. The Kier molecular flexibility index (Phi) is 3.53. The van der Waals surface area contributed by atoms with Crippen LogP contribution in [0.3, 0.4) is 0 Å². The molecule has 2 rings (SSSR count). The lowest BCUT2D eigenvalue weighted by atomic mass is 10.4. The molecule has 0 atom stereocenters. The number of rotatable bonds is 4. The third-order valence-corrected chi connectivity index (χ3v) is 5.05. The molecule has 2 aromatic heterocycles. The smallest absolute Gasteiger partial charge is 0.271 e. The Labute approximate surface area is 110 Å². The minimum atomic E-state index is -3.52. The molecular weight excluding hydrogens is 272 g/mol. The molecule has 0 aliphatic carbocycles. The molecule has 0 aliphatic heterocycles. The summed E-state index contributed by atoms with van der Waals surface area (Å²) in [6, 6.07) is 6.55. The molecule has 0 saturated heterocycles. The number of nitrogens with zero attached hydrogens (tertiary/aromatic N) is 1.